The number of ether oxygens (including phenoxy) is 2. The molecule has 0 unspecified atom stereocenters. The molecular formula is C15H11ClN4O5. The normalized spacial score (nSPS) is 12.4. The van der Waals surface area contributed by atoms with Crippen LogP contribution in [0.2, 0.25) is 5.02 Å². The van der Waals surface area contributed by atoms with Crippen LogP contribution in [-0.2, 0) is 0 Å². The Kier molecular flexibility index (Phi) is 4.40. The van der Waals surface area contributed by atoms with Crippen molar-refractivity contribution >= 4 is 35.1 Å². The summed E-state index contributed by atoms with van der Waals surface area (Å²) in [5.41, 5.74) is 8.24. The molecule has 0 bridgehead atoms. The van der Waals surface area contributed by atoms with Crippen molar-refractivity contribution < 1.29 is 19.2 Å². The van der Waals surface area contributed by atoms with E-state index in [0.29, 0.717) is 22.1 Å². The summed E-state index contributed by atoms with van der Waals surface area (Å²) in [6, 6.07) is 6.83. The Morgan fingerprint density at radius 3 is 2.88 bits per heavy atom. The van der Waals surface area contributed by atoms with Gasteiger partial charge in [0.1, 0.15) is 0 Å². The molecule has 1 heterocycles. The van der Waals surface area contributed by atoms with Crippen LogP contribution < -0.4 is 20.6 Å². The number of carbonyl (C=O) groups excluding carboxylic acids is 1. The first-order chi connectivity index (χ1) is 11.9. The highest BCUT2D eigenvalue weighted by Crippen LogP contribution is 2.39. The molecule has 0 saturated heterocycles. The number of benzene rings is 2. The number of nitrogens with zero attached hydrogens (tertiary/aromatic N) is 2. The number of hydrazone groups is 1. The second kappa shape index (κ2) is 6.65. The van der Waals surface area contributed by atoms with Crippen LogP contribution in [0.3, 0.4) is 0 Å². The lowest BCUT2D eigenvalue weighted by Crippen LogP contribution is -2.18. The van der Waals surface area contributed by atoms with E-state index in [2.05, 4.69) is 10.5 Å². The van der Waals surface area contributed by atoms with Gasteiger partial charge < -0.3 is 15.2 Å². The molecule has 128 valence electrons. The summed E-state index contributed by atoms with van der Waals surface area (Å²) in [6.07, 6.45) is 1.35. The minimum atomic E-state index is -0.640. The molecule has 1 aliphatic heterocycles. The Bertz CT molecular complexity index is 900. The van der Waals surface area contributed by atoms with Gasteiger partial charge in [0.15, 0.2) is 11.5 Å². The lowest BCUT2D eigenvalue weighted by Gasteiger charge is -2.03. The van der Waals surface area contributed by atoms with Gasteiger partial charge in [-0.1, -0.05) is 11.6 Å². The summed E-state index contributed by atoms with van der Waals surface area (Å²) >= 11 is 6.04. The number of nitrogens with one attached hydrogen (secondary N) is 1. The number of hydrogen-bond donors (Lipinski definition) is 2. The predicted octanol–water partition coefficient (Wildman–Crippen LogP) is 2.32. The monoisotopic (exact) mass is 362 g/mol. The molecule has 3 N–H and O–H groups in total. The summed E-state index contributed by atoms with van der Waals surface area (Å²) < 4.78 is 10.4. The Hall–Kier alpha value is -3.33. The highest BCUT2D eigenvalue weighted by Gasteiger charge is 2.18. The third-order valence-electron chi connectivity index (χ3n) is 3.24. The van der Waals surface area contributed by atoms with Gasteiger partial charge in [0, 0.05) is 17.8 Å². The Labute approximate surface area is 146 Å². The number of nitrogen functional groups attached to an aromatic ring is 1. The summed E-state index contributed by atoms with van der Waals surface area (Å²) in [4.78, 5) is 22.2. The number of amides is 1. The molecule has 0 aromatic heterocycles. The maximum Gasteiger partial charge on any atom is 0.272 e. The fourth-order valence-corrected chi connectivity index (χ4v) is 2.44. The average molecular weight is 363 g/mol. The number of rotatable bonds is 4. The SMILES string of the molecule is Nc1cc(C(=O)N/N=C\c2cc(Cl)c3c(c2)OCO3)cc([N+](=O)[O-])c1. The molecule has 0 saturated carbocycles. The number of halogens is 1. The first-order valence-corrected chi connectivity index (χ1v) is 7.29. The van der Waals surface area contributed by atoms with E-state index in [9.17, 15) is 14.9 Å². The maximum absolute atomic E-state index is 12.0. The highest BCUT2D eigenvalue weighted by atomic mass is 35.5. The van der Waals surface area contributed by atoms with Crippen molar-refractivity contribution in [1.82, 2.24) is 5.43 Å². The van der Waals surface area contributed by atoms with Gasteiger partial charge >= 0.3 is 0 Å². The minimum absolute atomic E-state index is 0.0209. The summed E-state index contributed by atoms with van der Waals surface area (Å²) in [6.45, 7) is 0.0839. The molecule has 0 atom stereocenters. The fraction of sp³-hybridized carbons (Fsp3) is 0.0667. The van der Waals surface area contributed by atoms with Gasteiger partial charge in [-0.2, -0.15) is 5.10 Å². The molecule has 0 aliphatic carbocycles. The Morgan fingerprint density at radius 1 is 1.32 bits per heavy atom. The van der Waals surface area contributed by atoms with E-state index in [-0.39, 0.29) is 23.7 Å². The van der Waals surface area contributed by atoms with Crippen LogP contribution >= 0.6 is 11.6 Å². The molecule has 2 aromatic rings. The molecule has 2 aromatic carbocycles. The number of anilines is 1. The molecule has 25 heavy (non-hydrogen) atoms. The van der Waals surface area contributed by atoms with Gasteiger partial charge in [0.25, 0.3) is 11.6 Å². The lowest BCUT2D eigenvalue weighted by molar-refractivity contribution is -0.384. The van der Waals surface area contributed by atoms with E-state index < -0.39 is 10.8 Å². The van der Waals surface area contributed by atoms with Crippen molar-refractivity contribution in [2.24, 2.45) is 5.10 Å². The third-order valence-corrected chi connectivity index (χ3v) is 3.52. The van der Waals surface area contributed by atoms with Crippen LogP contribution in [-0.4, -0.2) is 23.8 Å². The van der Waals surface area contributed by atoms with E-state index >= 15 is 0 Å². The topological polar surface area (TPSA) is 129 Å². The number of carbonyl (C=O) groups is 1. The predicted molar refractivity (Wildman–Crippen MR) is 90.1 cm³/mol. The number of nitro benzene ring substituents is 1. The quantitative estimate of drug-likeness (QED) is 0.371. The van der Waals surface area contributed by atoms with E-state index in [0.717, 1.165) is 12.1 Å². The number of non-ortho nitro benzene ring substituents is 1. The lowest BCUT2D eigenvalue weighted by atomic mass is 10.1. The zero-order valence-electron chi connectivity index (χ0n) is 12.6. The van der Waals surface area contributed by atoms with Crippen molar-refractivity contribution in [3.63, 3.8) is 0 Å². The van der Waals surface area contributed by atoms with Crippen LogP contribution in [0.25, 0.3) is 0 Å². The van der Waals surface area contributed by atoms with Crippen LogP contribution in [0.5, 0.6) is 11.5 Å². The molecule has 0 spiro atoms. The first kappa shape index (κ1) is 16.5. The molecule has 0 fully saturated rings. The maximum atomic E-state index is 12.0. The minimum Gasteiger partial charge on any atom is -0.454 e. The van der Waals surface area contributed by atoms with Gasteiger partial charge in [0.2, 0.25) is 6.79 Å². The number of nitrogens with two attached hydrogens (primary N) is 1. The molecule has 0 radical (unpaired) electrons. The van der Waals surface area contributed by atoms with E-state index in [4.69, 9.17) is 26.8 Å². The molecule has 3 rings (SSSR count). The van der Waals surface area contributed by atoms with Crippen LogP contribution in [0.4, 0.5) is 11.4 Å². The third kappa shape index (κ3) is 3.61. The number of fused-ring (bicyclic) bond motifs is 1. The van der Waals surface area contributed by atoms with Gasteiger partial charge in [-0.25, -0.2) is 5.43 Å². The zero-order valence-corrected chi connectivity index (χ0v) is 13.3. The van der Waals surface area contributed by atoms with Gasteiger partial charge in [0.05, 0.1) is 21.7 Å². The van der Waals surface area contributed by atoms with Crippen molar-refractivity contribution in [2.75, 3.05) is 12.5 Å². The number of hydrogen-bond acceptors (Lipinski definition) is 7. The second-order valence-electron chi connectivity index (χ2n) is 5.01. The first-order valence-electron chi connectivity index (χ1n) is 6.91. The summed E-state index contributed by atoms with van der Waals surface area (Å²) in [7, 11) is 0. The van der Waals surface area contributed by atoms with Crippen molar-refractivity contribution in [3.05, 3.63) is 56.6 Å². The highest BCUT2D eigenvalue weighted by molar-refractivity contribution is 6.32. The Morgan fingerprint density at radius 2 is 2.12 bits per heavy atom. The van der Waals surface area contributed by atoms with Crippen LogP contribution in [0.15, 0.2) is 35.4 Å². The van der Waals surface area contributed by atoms with E-state index in [1.54, 1.807) is 12.1 Å². The van der Waals surface area contributed by atoms with Gasteiger partial charge in [-0.15, -0.1) is 0 Å². The standard InChI is InChI=1S/C15H11ClN4O5/c16-12-1-8(2-13-14(12)25-7-24-13)6-18-19-15(21)9-3-10(17)5-11(4-9)20(22)23/h1-6H,7,17H2,(H,19,21)/b18-6-. The average Bonchev–Trinajstić information content (AvgIpc) is 3.03. The van der Waals surface area contributed by atoms with Crippen molar-refractivity contribution in [1.29, 1.82) is 0 Å². The molecule has 1 aliphatic rings. The van der Waals surface area contributed by atoms with E-state index in [1.807, 2.05) is 0 Å². The number of nitro groups is 1. The van der Waals surface area contributed by atoms with Crippen LogP contribution in [0, 0.1) is 10.1 Å². The molecule has 10 heteroatoms. The van der Waals surface area contributed by atoms with Crippen LogP contribution in [0.1, 0.15) is 15.9 Å². The van der Waals surface area contributed by atoms with Crippen molar-refractivity contribution in [2.45, 2.75) is 0 Å². The van der Waals surface area contributed by atoms with Crippen molar-refractivity contribution in [3.8, 4) is 11.5 Å². The molecular weight excluding hydrogens is 352 g/mol. The fourth-order valence-electron chi connectivity index (χ4n) is 2.16. The van der Waals surface area contributed by atoms with Gasteiger partial charge in [-0.05, 0) is 23.8 Å². The van der Waals surface area contributed by atoms with Gasteiger partial charge in [-0.3, -0.25) is 14.9 Å². The summed E-state index contributed by atoms with van der Waals surface area (Å²) in [5, 5.41) is 15.0. The van der Waals surface area contributed by atoms with E-state index in [1.165, 1.54) is 12.3 Å². The smallest absolute Gasteiger partial charge is 0.272 e. The Balaban J connectivity index is 1.73. The second-order valence-corrected chi connectivity index (χ2v) is 5.41. The zero-order chi connectivity index (χ0) is 18.0. The summed E-state index contributed by atoms with van der Waals surface area (Å²) in [5.74, 6) is 0.292. The molecule has 9 nitrogen and oxygen atoms in total. The molecule has 1 amide bonds. The largest absolute Gasteiger partial charge is 0.454 e.